The van der Waals surface area contributed by atoms with Crippen LogP contribution >= 0.6 is 0 Å². The number of ether oxygens (including phenoxy) is 4. The molecule has 4 aromatic rings. The van der Waals surface area contributed by atoms with Gasteiger partial charge in [-0.1, -0.05) is 30.2 Å². The molecule has 50 heavy (non-hydrogen) atoms. The Balaban J connectivity index is 0.946. The Morgan fingerprint density at radius 2 is 1.62 bits per heavy atom. The molecular weight excluding hydrogens is 638 g/mol. The Labute approximate surface area is 295 Å². The minimum atomic E-state index is -1.01. The van der Waals surface area contributed by atoms with Crippen LogP contribution in [-0.2, 0) is 29.0 Å². The molecule has 0 aliphatic rings. The van der Waals surface area contributed by atoms with E-state index in [0.717, 1.165) is 74.4 Å². The standard InChI is InChI=1S/C37H53N7O6/c1-28-10-8-11-32(22-28)39-26-33-27-44(43-42-33)15-19-48-21-20-47-18-14-38-13-6-4-5-7-16-49-34-23-31(37(45)46)24-35(25-34)50-17-9-12-36-29(2)40-41-30(36)3/h8,10-11,22-25,27,38-39H,4-7,9,12-21,26H2,1-3H3,(H,40,41)(H,45,46). The maximum Gasteiger partial charge on any atom is 0.335 e. The molecule has 0 saturated carbocycles. The molecule has 0 atom stereocenters. The average molecular weight is 692 g/mol. The zero-order chi connectivity index (χ0) is 35.4. The molecule has 0 aliphatic heterocycles. The van der Waals surface area contributed by atoms with Crippen molar-refractivity contribution in [3.63, 3.8) is 0 Å². The number of nitrogens with one attached hydrogen (secondary N) is 3. The minimum Gasteiger partial charge on any atom is -0.493 e. The molecule has 4 rings (SSSR count). The van der Waals surface area contributed by atoms with Gasteiger partial charge in [0, 0.05) is 24.0 Å². The number of hydrogen-bond acceptors (Lipinski definition) is 10. The molecule has 0 spiro atoms. The first-order valence-electron chi connectivity index (χ1n) is 17.6. The van der Waals surface area contributed by atoms with E-state index in [1.165, 1.54) is 11.1 Å². The van der Waals surface area contributed by atoms with Gasteiger partial charge >= 0.3 is 5.97 Å². The van der Waals surface area contributed by atoms with Crippen molar-refractivity contribution in [1.82, 2.24) is 30.5 Å². The molecule has 2 heterocycles. The van der Waals surface area contributed by atoms with Gasteiger partial charge in [-0.3, -0.25) is 5.10 Å². The fourth-order valence-corrected chi connectivity index (χ4v) is 5.36. The number of H-pyrrole nitrogens is 1. The number of aromatic amines is 1. The largest absolute Gasteiger partial charge is 0.493 e. The van der Waals surface area contributed by atoms with Crippen LogP contribution in [0.3, 0.4) is 0 Å². The summed E-state index contributed by atoms with van der Waals surface area (Å²) < 4.78 is 24.9. The number of rotatable bonds is 26. The predicted octanol–water partition coefficient (Wildman–Crippen LogP) is 5.51. The van der Waals surface area contributed by atoms with Crippen LogP contribution in [0.15, 0.2) is 48.7 Å². The van der Waals surface area contributed by atoms with E-state index in [1.807, 2.05) is 32.2 Å². The summed E-state index contributed by atoms with van der Waals surface area (Å²) in [4.78, 5) is 11.6. The van der Waals surface area contributed by atoms with E-state index in [9.17, 15) is 9.90 Å². The molecule has 0 amide bonds. The fraction of sp³-hybridized carbons (Fsp3) is 0.514. The highest BCUT2D eigenvalue weighted by Gasteiger charge is 2.10. The van der Waals surface area contributed by atoms with Crippen LogP contribution in [0.2, 0.25) is 0 Å². The van der Waals surface area contributed by atoms with Crippen LogP contribution in [0.25, 0.3) is 0 Å². The van der Waals surface area contributed by atoms with Crippen molar-refractivity contribution < 1.29 is 28.8 Å². The van der Waals surface area contributed by atoms with E-state index in [-0.39, 0.29) is 5.56 Å². The van der Waals surface area contributed by atoms with E-state index >= 15 is 0 Å². The van der Waals surface area contributed by atoms with Gasteiger partial charge < -0.3 is 34.7 Å². The Hall–Kier alpha value is -4.46. The van der Waals surface area contributed by atoms with Crippen molar-refractivity contribution in [1.29, 1.82) is 0 Å². The van der Waals surface area contributed by atoms with E-state index in [4.69, 9.17) is 18.9 Å². The van der Waals surface area contributed by atoms with Crippen molar-refractivity contribution in [3.8, 4) is 11.5 Å². The number of aromatic carboxylic acids is 1. The number of carboxylic acids is 1. The maximum atomic E-state index is 11.6. The molecule has 13 heteroatoms. The summed E-state index contributed by atoms with van der Waals surface area (Å²) in [7, 11) is 0. The van der Waals surface area contributed by atoms with Gasteiger partial charge in [0.05, 0.1) is 70.2 Å². The van der Waals surface area contributed by atoms with Gasteiger partial charge in [0.2, 0.25) is 0 Å². The Kier molecular flexibility index (Phi) is 16.6. The van der Waals surface area contributed by atoms with Gasteiger partial charge in [-0.05, 0) is 88.4 Å². The number of nitrogens with zero attached hydrogens (tertiary/aromatic N) is 4. The Morgan fingerprint density at radius 1 is 0.860 bits per heavy atom. The molecule has 0 unspecified atom stereocenters. The molecule has 2 aromatic carbocycles. The van der Waals surface area contributed by atoms with Crippen molar-refractivity contribution >= 4 is 11.7 Å². The van der Waals surface area contributed by atoms with Gasteiger partial charge in [0.15, 0.2) is 0 Å². The number of unbranched alkanes of at least 4 members (excludes halogenated alkanes) is 3. The summed E-state index contributed by atoms with van der Waals surface area (Å²) in [6.07, 6.45) is 7.66. The molecule has 0 radical (unpaired) electrons. The number of carbonyl (C=O) groups is 1. The highest BCUT2D eigenvalue weighted by Crippen LogP contribution is 2.24. The lowest BCUT2D eigenvalue weighted by atomic mass is 10.1. The molecule has 0 fully saturated rings. The number of aryl methyl sites for hydroxylation is 3. The maximum absolute atomic E-state index is 11.6. The lowest BCUT2D eigenvalue weighted by molar-refractivity contribution is 0.0449. The smallest absolute Gasteiger partial charge is 0.335 e. The zero-order valence-electron chi connectivity index (χ0n) is 29.7. The summed E-state index contributed by atoms with van der Waals surface area (Å²) in [6, 6.07) is 13.1. The monoisotopic (exact) mass is 691 g/mol. The summed E-state index contributed by atoms with van der Waals surface area (Å²) in [5.74, 6) is 0.0105. The predicted molar refractivity (Wildman–Crippen MR) is 192 cm³/mol. The Bertz CT molecular complexity index is 1550. The topological polar surface area (TPSA) is 158 Å². The first-order valence-corrected chi connectivity index (χ1v) is 17.6. The summed E-state index contributed by atoms with van der Waals surface area (Å²) >= 11 is 0. The lowest BCUT2D eigenvalue weighted by Crippen LogP contribution is -2.22. The van der Waals surface area contributed by atoms with Gasteiger partial charge in [0.25, 0.3) is 0 Å². The number of benzene rings is 2. The zero-order valence-corrected chi connectivity index (χ0v) is 29.7. The molecule has 13 nitrogen and oxygen atoms in total. The van der Waals surface area contributed by atoms with Crippen LogP contribution in [0.1, 0.15) is 70.7 Å². The summed E-state index contributed by atoms with van der Waals surface area (Å²) in [6.45, 7) is 12.4. The van der Waals surface area contributed by atoms with Crippen molar-refractivity contribution in [2.75, 3.05) is 58.0 Å². The van der Waals surface area contributed by atoms with Gasteiger partial charge in [-0.15, -0.1) is 5.10 Å². The fourth-order valence-electron chi connectivity index (χ4n) is 5.36. The molecule has 0 aliphatic carbocycles. The molecule has 4 N–H and O–H groups in total. The molecule has 0 saturated heterocycles. The first-order chi connectivity index (χ1) is 24.4. The van der Waals surface area contributed by atoms with E-state index in [2.05, 4.69) is 50.2 Å². The van der Waals surface area contributed by atoms with Gasteiger partial charge in [0.1, 0.15) is 17.2 Å². The average Bonchev–Trinajstić information content (AvgIpc) is 3.70. The minimum absolute atomic E-state index is 0.154. The third kappa shape index (κ3) is 14.2. The number of anilines is 1. The van der Waals surface area contributed by atoms with Crippen LogP contribution in [-0.4, -0.2) is 89.0 Å². The van der Waals surface area contributed by atoms with Crippen molar-refractivity contribution in [2.45, 2.75) is 72.4 Å². The lowest BCUT2D eigenvalue weighted by Gasteiger charge is -2.11. The van der Waals surface area contributed by atoms with Crippen LogP contribution in [0.4, 0.5) is 5.69 Å². The third-order valence-corrected chi connectivity index (χ3v) is 8.10. The second kappa shape index (κ2) is 21.6. The quantitative estimate of drug-likeness (QED) is 0.0616. The number of carboxylic acid groups (broad SMARTS) is 1. The van der Waals surface area contributed by atoms with Gasteiger partial charge in [-0.25, -0.2) is 9.48 Å². The summed E-state index contributed by atoms with van der Waals surface area (Å²) in [5, 5.41) is 31.9. The number of aromatic nitrogens is 5. The Morgan fingerprint density at radius 3 is 2.36 bits per heavy atom. The molecular formula is C37H53N7O6. The molecule has 0 bridgehead atoms. The second-order valence-corrected chi connectivity index (χ2v) is 12.3. The van der Waals surface area contributed by atoms with E-state index in [0.29, 0.717) is 64.2 Å². The molecule has 2 aromatic heterocycles. The van der Waals surface area contributed by atoms with Crippen LogP contribution in [0, 0.1) is 20.8 Å². The third-order valence-electron chi connectivity index (χ3n) is 8.10. The van der Waals surface area contributed by atoms with E-state index in [1.54, 1.807) is 22.9 Å². The highest BCUT2D eigenvalue weighted by atomic mass is 16.5. The summed E-state index contributed by atoms with van der Waals surface area (Å²) in [5.41, 5.74) is 6.60. The van der Waals surface area contributed by atoms with Crippen LogP contribution in [0.5, 0.6) is 11.5 Å². The number of hydrogen-bond donors (Lipinski definition) is 4. The van der Waals surface area contributed by atoms with Crippen molar-refractivity contribution in [2.24, 2.45) is 0 Å². The first kappa shape index (κ1) is 38.3. The van der Waals surface area contributed by atoms with E-state index < -0.39 is 5.97 Å². The van der Waals surface area contributed by atoms with Crippen molar-refractivity contribution in [3.05, 3.63) is 82.4 Å². The van der Waals surface area contributed by atoms with Gasteiger partial charge in [-0.2, -0.15) is 5.10 Å². The van der Waals surface area contributed by atoms with Crippen LogP contribution < -0.4 is 20.1 Å². The molecule has 272 valence electrons. The second-order valence-electron chi connectivity index (χ2n) is 12.3. The normalized spacial score (nSPS) is 11.2. The highest BCUT2D eigenvalue weighted by molar-refractivity contribution is 5.88. The SMILES string of the molecule is Cc1cccc(NCc2cn(CCOCCOCCNCCCCCCOc3cc(OCCCc4c(C)n[nH]c4C)cc(C(=O)O)c3)nn2)c1.